The van der Waals surface area contributed by atoms with Gasteiger partial charge in [0, 0.05) is 23.9 Å². The molecule has 2 saturated heterocycles. The van der Waals surface area contributed by atoms with E-state index in [1.807, 2.05) is 6.92 Å². The van der Waals surface area contributed by atoms with E-state index in [2.05, 4.69) is 6.92 Å². The van der Waals surface area contributed by atoms with Gasteiger partial charge in [-0.3, -0.25) is 4.79 Å². The van der Waals surface area contributed by atoms with Crippen LogP contribution in [-0.4, -0.2) is 87.6 Å². The van der Waals surface area contributed by atoms with E-state index in [0.717, 1.165) is 12.8 Å². The van der Waals surface area contributed by atoms with Crippen LogP contribution < -0.4 is 0 Å². The highest BCUT2D eigenvalue weighted by molar-refractivity contribution is 5.75. The van der Waals surface area contributed by atoms with Gasteiger partial charge >= 0.3 is 5.97 Å². The summed E-state index contributed by atoms with van der Waals surface area (Å²) >= 11 is 0. The standard InChI is InChI=1S/C21H34O9/c1-9-11-5-6-21(2)13(4-3-10(7-22)14(21)18(11)30-19(9)27)29-20-17(26)16(25)15(24)12(8-23)28-20/h9-18,20,22-26H,3-8H2,1-2H3/t9-,10-,11-,12+,13+,14+,15+,16-,17+,18-,20-,21-/m0/s1. The first-order valence-electron chi connectivity index (χ1n) is 11.0. The minimum Gasteiger partial charge on any atom is -0.462 e. The number of rotatable bonds is 4. The Bertz CT molecular complexity index is 642. The molecular formula is C21H34O9. The molecule has 5 N–H and O–H groups in total. The minimum absolute atomic E-state index is 0.00216. The summed E-state index contributed by atoms with van der Waals surface area (Å²) in [4.78, 5) is 12.2. The van der Waals surface area contributed by atoms with E-state index < -0.39 is 42.7 Å². The predicted molar refractivity (Wildman–Crippen MR) is 102 cm³/mol. The van der Waals surface area contributed by atoms with Gasteiger partial charge in [0.2, 0.25) is 0 Å². The van der Waals surface area contributed by atoms with E-state index in [4.69, 9.17) is 14.2 Å². The third-order valence-corrected chi connectivity index (χ3v) is 8.24. The number of carbonyl (C=O) groups excluding carboxylic acids is 1. The lowest BCUT2D eigenvalue weighted by Crippen LogP contribution is -2.62. The van der Waals surface area contributed by atoms with Crippen molar-refractivity contribution in [3.8, 4) is 0 Å². The molecule has 2 aliphatic carbocycles. The van der Waals surface area contributed by atoms with Crippen LogP contribution in [0.5, 0.6) is 0 Å². The molecule has 0 unspecified atom stereocenters. The normalized spacial score (nSPS) is 53.7. The molecule has 2 heterocycles. The van der Waals surface area contributed by atoms with Gasteiger partial charge in [0.05, 0.1) is 18.6 Å². The molecule has 9 nitrogen and oxygen atoms in total. The third kappa shape index (κ3) is 3.39. The van der Waals surface area contributed by atoms with E-state index in [0.29, 0.717) is 12.8 Å². The van der Waals surface area contributed by atoms with Crippen molar-refractivity contribution in [2.75, 3.05) is 13.2 Å². The fourth-order valence-electron chi connectivity index (χ4n) is 6.39. The summed E-state index contributed by atoms with van der Waals surface area (Å²) in [6.45, 7) is 3.46. The second-order valence-corrected chi connectivity index (χ2v) is 9.77. The Morgan fingerprint density at radius 3 is 2.47 bits per heavy atom. The molecule has 30 heavy (non-hydrogen) atoms. The predicted octanol–water partition coefficient (Wildman–Crippen LogP) is -0.832. The van der Waals surface area contributed by atoms with Gasteiger partial charge in [-0.05, 0) is 31.6 Å². The summed E-state index contributed by atoms with van der Waals surface area (Å²) in [5, 5.41) is 50.0. The van der Waals surface area contributed by atoms with E-state index in [-0.39, 0.29) is 48.5 Å². The van der Waals surface area contributed by atoms with Gasteiger partial charge in [-0.15, -0.1) is 0 Å². The smallest absolute Gasteiger partial charge is 0.309 e. The molecular weight excluding hydrogens is 396 g/mol. The third-order valence-electron chi connectivity index (χ3n) is 8.24. The summed E-state index contributed by atoms with van der Waals surface area (Å²) in [6.07, 6.45) is -4.38. The van der Waals surface area contributed by atoms with Crippen LogP contribution in [0, 0.1) is 29.1 Å². The summed E-state index contributed by atoms with van der Waals surface area (Å²) in [7, 11) is 0. The Kier molecular flexibility index (Phi) is 6.17. The summed E-state index contributed by atoms with van der Waals surface area (Å²) in [5.41, 5.74) is -0.421. The second kappa shape index (κ2) is 8.27. The lowest BCUT2D eigenvalue weighted by Gasteiger charge is -2.57. The highest BCUT2D eigenvalue weighted by atomic mass is 16.7. The zero-order chi connectivity index (χ0) is 21.8. The largest absolute Gasteiger partial charge is 0.462 e. The van der Waals surface area contributed by atoms with Crippen LogP contribution in [0.25, 0.3) is 0 Å². The lowest BCUT2D eigenvalue weighted by molar-refractivity contribution is -0.329. The zero-order valence-electron chi connectivity index (χ0n) is 17.5. The number of aliphatic hydroxyl groups is 5. The number of fused-ring (bicyclic) bond motifs is 3. The molecule has 0 aromatic heterocycles. The quantitative estimate of drug-likeness (QED) is 0.361. The molecule has 4 aliphatic rings. The highest BCUT2D eigenvalue weighted by Crippen LogP contribution is 2.58. The second-order valence-electron chi connectivity index (χ2n) is 9.77. The van der Waals surface area contributed by atoms with Gasteiger partial charge in [-0.25, -0.2) is 0 Å². The van der Waals surface area contributed by atoms with Gasteiger partial charge in [-0.2, -0.15) is 0 Å². The zero-order valence-corrected chi connectivity index (χ0v) is 17.5. The topological polar surface area (TPSA) is 146 Å². The van der Waals surface area contributed by atoms with Crippen molar-refractivity contribution in [2.45, 2.75) is 82.4 Å². The summed E-state index contributed by atoms with van der Waals surface area (Å²) < 4.78 is 17.5. The number of hydrogen-bond donors (Lipinski definition) is 5. The first kappa shape index (κ1) is 22.4. The van der Waals surface area contributed by atoms with Crippen molar-refractivity contribution in [3.05, 3.63) is 0 Å². The van der Waals surface area contributed by atoms with Crippen LogP contribution in [0.1, 0.15) is 39.5 Å². The van der Waals surface area contributed by atoms with E-state index in [1.165, 1.54) is 0 Å². The van der Waals surface area contributed by atoms with Crippen LogP contribution in [0.3, 0.4) is 0 Å². The van der Waals surface area contributed by atoms with Crippen LogP contribution >= 0.6 is 0 Å². The van der Waals surface area contributed by atoms with Gasteiger partial charge < -0.3 is 39.7 Å². The molecule has 0 aromatic rings. The number of esters is 1. The fraction of sp³-hybridized carbons (Fsp3) is 0.952. The molecule has 12 atom stereocenters. The monoisotopic (exact) mass is 430 g/mol. The van der Waals surface area contributed by atoms with Crippen molar-refractivity contribution in [2.24, 2.45) is 29.1 Å². The van der Waals surface area contributed by atoms with Crippen LogP contribution in [-0.2, 0) is 19.0 Å². The lowest BCUT2D eigenvalue weighted by atomic mass is 9.52. The van der Waals surface area contributed by atoms with E-state index in [9.17, 15) is 30.3 Å². The molecule has 0 radical (unpaired) electrons. The Balaban J connectivity index is 1.57. The molecule has 0 aromatic carbocycles. The average molecular weight is 430 g/mol. The van der Waals surface area contributed by atoms with Crippen molar-refractivity contribution in [3.63, 3.8) is 0 Å². The van der Waals surface area contributed by atoms with Crippen LogP contribution in [0.15, 0.2) is 0 Å². The number of carbonyl (C=O) groups is 1. The van der Waals surface area contributed by atoms with Crippen molar-refractivity contribution in [1.29, 1.82) is 0 Å². The van der Waals surface area contributed by atoms with Crippen molar-refractivity contribution >= 4 is 5.97 Å². The maximum absolute atomic E-state index is 12.2. The first-order valence-corrected chi connectivity index (χ1v) is 11.0. The maximum Gasteiger partial charge on any atom is 0.309 e. The van der Waals surface area contributed by atoms with Gasteiger partial charge in [0.1, 0.15) is 30.5 Å². The molecule has 0 spiro atoms. The van der Waals surface area contributed by atoms with Crippen molar-refractivity contribution < 1.29 is 44.5 Å². The number of hydrogen-bond acceptors (Lipinski definition) is 9. The number of ether oxygens (including phenoxy) is 3. The number of aliphatic hydroxyl groups excluding tert-OH is 5. The molecule has 0 amide bonds. The van der Waals surface area contributed by atoms with Crippen LogP contribution in [0.2, 0.25) is 0 Å². The molecule has 4 rings (SSSR count). The summed E-state index contributed by atoms with van der Waals surface area (Å²) in [5.74, 6) is -0.335. The Morgan fingerprint density at radius 2 is 1.80 bits per heavy atom. The van der Waals surface area contributed by atoms with Gasteiger partial charge in [0.25, 0.3) is 0 Å². The van der Waals surface area contributed by atoms with Gasteiger partial charge in [-0.1, -0.05) is 13.8 Å². The van der Waals surface area contributed by atoms with E-state index >= 15 is 0 Å². The highest BCUT2D eigenvalue weighted by Gasteiger charge is 2.61. The Labute approximate surface area is 175 Å². The average Bonchev–Trinajstić information content (AvgIpc) is 3.02. The molecule has 2 saturated carbocycles. The fourth-order valence-corrected chi connectivity index (χ4v) is 6.39. The summed E-state index contributed by atoms with van der Waals surface area (Å²) in [6, 6.07) is 0. The van der Waals surface area contributed by atoms with Crippen LogP contribution in [0.4, 0.5) is 0 Å². The van der Waals surface area contributed by atoms with E-state index in [1.54, 1.807) is 0 Å². The van der Waals surface area contributed by atoms with Gasteiger partial charge in [0.15, 0.2) is 6.29 Å². The molecule has 2 aliphatic heterocycles. The Morgan fingerprint density at radius 1 is 1.07 bits per heavy atom. The maximum atomic E-state index is 12.2. The molecule has 0 bridgehead atoms. The van der Waals surface area contributed by atoms with Crippen molar-refractivity contribution in [1.82, 2.24) is 0 Å². The SMILES string of the molecule is C[C@@H]1C(=O)O[C@H]2[C@H]1CC[C@]1(C)[C@@H]2[C@H](CO)CC[C@H]1O[C@@H]1O[C@H](CO)[C@@H](O)[C@H](O)[C@H]1O. The Hall–Kier alpha value is -0.810. The first-order chi connectivity index (χ1) is 14.2. The molecule has 172 valence electrons. The molecule has 9 heteroatoms. The molecule has 4 fully saturated rings. The minimum atomic E-state index is -1.49.